The molecule has 15 heavy (non-hydrogen) atoms. The first-order valence-electron chi connectivity index (χ1n) is 6.27. The van der Waals surface area contributed by atoms with Crippen LogP contribution in [0, 0.1) is 11.3 Å². The molecule has 3 unspecified atom stereocenters. The van der Waals surface area contributed by atoms with E-state index >= 15 is 0 Å². The van der Waals surface area contributed by atoms with E-state index in [1.165, 1.54) is 19.3 Å². The van der Waals surface area contributed by atoms with Crippen LogP contribution < -0.4 is 0 Å². The van der Waals surface area contributed by atoms with E-state index in [-0.39, 0.29) is 18.3 Å². The molecule has 1 aliphatic heterocycles. The molecular formula is C13H24O2. The van der Waals surface area contributed by atoms with Crippen LogP contribution >= 0.6 is 0 Å². The summed E-state index contributed by atoms with van der Waals surface area (Å²) in [7, 11) is 0. The largest absolute Gasteiger partial charge is 0.394 e. The lowest BCUT2D eigenvalue weighted by molar-refractivity contribution is -0.103. The molecule has 0 aromatic rings. The summed E-state index contributed by atoms with van der Waals surface area (Å²) in [5.74, 6) is 0.668. The summed E-state index contributed by atoms with van der Waals surface area (Å²) in [5, 5.41) is 9.17. The second kappa shape index (κ2) is 3.74. The van der Waals surface area contributed by atoms with Gasteiger partial charge in [-0.25, -0.2) is 0 Å². The van der Waals surface area contributed by atoms with E-state index in [0.29, 0.717) is 11.3 Å². The van der Waals surface area contributed by atoms with Crippen molar-refractivity contribution in [3.8, 4) is 0 Å². The average molecular weight is 212 g/mol. The standard InChI is InChI=1S/C13H24O2/c1-12(2,3)11-5-4-7-13(11)8-6-10(9-14)15-13/h10-11,14H,4-9H2,1-3H3. The van der Waals surface area contributed by atoms with Crippen LogP contribution in [0.2, 0.25) is 0 Å². The van der Waals surface area contributed by atoms with Gasteiger partial charge in [-0.3, -0.25) is 0 Å². The van der Waals surface area contributed by atoms with Crippen LogP contribution in [0.5, 0.6) is 0 Å². The van der Waals surface area contributed by atoms with Gasteiger partial charge in [0.2, 0.25) is 0 Å². The molecule has 1 spiro atoms. The van der Waals surface area contributed by atoms with Crippen molar-refractivity contribution >= 4 is 0 Å². The zero-order chi connectivity index (χ0) is 11.1. The van der Waals surface area contributed by atoms with Gasteiger partial charge in [-0.05, 0) is 37.0 Å². The number of ether oxygens (including phenoxy) is 1. The van der Waals surface area contributed by atoms with Crippen molar-refractivity contribution in [1.82, 2.24) is 0 Å². The topological polar surface area (TPSA) is 29.5 Å². The second-order valence-electron chi connectivity index (χ2n) is 6.34. The van der Waals surface area contributed by atoms with Gasteiger partial charge in [0.1, 0.15) is 0 Å². The summed E-state index contributed by atoms with van der Waals surface area (Å²) >= 11 is 0. The van der Waals surface area contributed by atoms with Crippen LogP contribution in [0.3, 0.4) is 0 Å². The van der Waals surface area contributed by atoms with Gasteiger partial charge < -0.3 is 9.84 Å². The van der Waals surface area contributed by atoms with Gasteiger partial charge in [-0.15, -0.1) is 0 Å². The monoisotopic (exact) mass is 212 g/mol. The quantitative estimate of drug-likeness (QED) is 0.724. The lowest BCUT2D eigenvalue weighted by atomic mass is 9.71. The van der Waals surface area contributed by atoms with Gasteiger partial charge in [0.15, 0.2) is 0 Å². The van der Waals surface area contributed by atoms with Crippen LogP contribution in [-0.2, 0) is 4.74 Å². The molecule has 0 radical (unpaired) electrons. The number of hydrogen-bond donors (Lipinski definition) is 1. The Morgan fingerprint density at radius 1 is 1.27 bits per heavy atom. The van der Waals surface area contributed by atoms with E-state index in [0.717, 1.165) is 12.8 Å². The highest BCUT2D eigenvalue weighted by Gasteiger charge is 2.52. The number of hydrogen-bond acceptors (Lipinski definition) is 2. The maximum absolute atomic E-state index is 9.17. The molecule has 2 rings (SSSR count). The van der Waals surface area contributed by atoms with Gasteiger partial charge in [0.05, 0.1) is 18.3 Å². The Hall–Kier alpha value is -0.0800. The average Bonchev–Trinajstić information content (AvgIpc) is 2.73. The highest BCUT2D eigenvalue weighted by atomic mass is 16.5. The van der Waals surface area contributed by atoms with Crippen molar-refractivity contribution in [1.29, 1.82) is 0 Å². The van der Waals surface area contributed by atoms with Gasteiger partial charge in [0, 0.05) is 0 Å². The van der Waals surface area contributed by atoms with Gasteiger partial charge >= 0.3 is 0 Å². The highest BCUT2D eigenvalue weighted by molar-refractivity contribution is 5.02. The Morgan fingerprint density at radius 2 is 2.00 bits per heavy atom. The SMILES string of the molecule is CC(C)(C)C1CCCC12CCC(CO)O2. The highest BCUT2D eigenvalue weighted by Crippen LogP contribution is 2.53. The molecular weight excluding hydrogens is 188 g/mol. The van der Waals surface area contributed by atoms with E-state index < -0.39 is 0 Å². The summed E-state index contributed by atoms with van der Waals surface area (Å²) < 4.78 is 6.15. The lowest BCUT2D eigenvalue weighted by Crippen LogP contribution is -2.40. The molecule has 2 nitrogen and oxygen atoms in total. The minimum absolute atomic E-state index is 0.103. The van der Waals surface area contributed by atoms with Gasteiger partial charge in [0.25, 0.3) is 0 Å². The molecule has 0 amide bonds. The van der Waals surface area contributed by atoms with Gasteiger partial charge in [-0.1, -0.05) is 27.2 Å². The minimum Gasteiger partial charge on any atom is -0.394 e. The van der Waals surface area contributed by atoms with Crippen molar-refractivity contribution in [3.63, 3.8) is 0 Å². The molecule has 0 aromatic carbocycles. The summed E-state index contributed by atoms with van der Waals surface area (Å²) in [5.41, 5.74) is 0.437. The zero-order valence-electron chi connectivity index (χ0n) is 10.3. The second-order valence-corrected chi connectivity index (χ2v) is 6.34. The smallest absolute Gasteiger partial charge is 0.0814 e. The van der Waals surface area contributed by atoms with Crippen molar-refractivity contribution in [3.05, 3.63) is 0 Å². The van der Waals surface area contributed by atoms with E-state index in [9.17, 15) is 5.11 Å². The first-order valence-corrected chi connectivity index (χ1v) is 6.27. The molecule has 1 aliphatic carbocycles. The minimum atomic E-state index is 0.103. The molecule has 2 aliphatic rings. The number of rotatable bonds is 1. The predicted molar refractivity (Wildman–Crippen MR) is 60.7 cm³/mol. The molecule has 88 valence electrons. The normalized spacial score (nSPS) is 41.6. The first-order chi connectivity index (χ1) is 6.98. The Balaban J connectivity index is 2.14. The van der Waals surface area contributed by atoms with Crippen LogP contribution in [-0.4, -0.2) is 23.4 Å². The Kier molecular flexibility index (Phi) is 2.85. The van der Waals surface area contributed by atoms with E-state index in [4.69, 9.17) is 4.74 Å². The fourth-order valence-electron chi connectivity index (χ4n) is 3.69. The predicted octanol–water partition coefficient (Wildman–Crippen LogP) is 2.74. The zero-order valence-corrected chi connectivity index (χ0v) is 10.3. The van der Waals surface area contributed by atoms with Crippen molar-refractivity contribution in [2.75, 3.05) is 6.61 Å². The summed E-state index contributed by atoms with van der Waals surface area (Å²) in [6.07, 6.45) is 6.09. The molecule has 1 saturated carbocycles. The van der Waals surface area contributed by atoms with E-state index in [2.05, 4.69) is 20.8 Å². The summed E-state index contributed by atoms with van der Waals surface area (Å²) in [6.45, 7) is 7.15. The Morgan fingerprint density at radius 3 is 2.53 bits per heavy atom. The summed E-state index contributed by atoms with van der Waals surface area (Å²) in [4.78, 5) is 0. The fourth-order valence-corrected chi connectivity index (χ4v) is 3.69. The molecule has 0 aromatic heterocycles. The van der Waals surface area contributed by atoms with Crippen molar-refractivity contribution in [2.24, 2.45) is 11.3 Å². The van der Waals surface area contributed by atoms with Crippen LogP contribution in [0.15, 0.2) is 0 Å². The fraction of sp³-hybridized carbons (Fsp3) is 1.00. The Bertz CT molecular complexity index is 231. The first kappa shape index (κ1) is 11.4. The molecule has 1 saturated heterocycles. The maximum atomic E-state index is 9.17. The third-order valence-corrected chi connectivity index (χ3v) is 4.27. The molecule has 1 heterocycles. The third-order valence-electron chi connectivity index (χ3n) is 4.27. The van der Waals surface area contributed by atoms with E-state index in [1.807, 2.05) is 0 Å². The van der Waals surface area contributed by atoms with Gasteiger partial charge in [-0.2, -0.15) is 0 Å². The van der Waals surface area contributed by atoms with Crippen LogP contribution in [0.1, 0.15) is 52.9 Å². The van der Waals surface area contributed by atoms with Crippen LogP contribution in [0.25, 0.3) is 0 Å². The third kappa shape index (κ3) is 1.94. The molecule has 2 fully saturated rings. The number of aliphatic hydroxyl groups excluding tert-OH is 1. The molecule has 1 N–H and O–H groups in total. The molecule has 2 heteroatoms. The van der Waals surface area contributed by atoms with Crippen LogP contribution in [0.4, 0.5) is 0 Å². The van der Waals surface area contributed by atoms with Crippen molar-refractivity contribution < 1.29 is 9.84 Å². The van der Waals surface area contributed by atoms with E-state index in [1.54, 1.807) is 0 Å². The maximum Gasteiger partial charge on any atom is 0.0814 e. The molecule has 0 bridgehead atoms. The Labute approximate surface area is 93.0 Å². The summed E-state index contributed by atoms with van der Waals surface area (Å²) in [6, 6.07) is 0. The number of aliphatic hydroxyl groups is 1. The van der Waals surface area contributed by atoms with Crippen molar-refractivity contribution in [2.45, 2.75) is 64.6 Å². The lowest BCUT2D eigenvalue weighted by Gasteiger charge is -2.40. The molecule has 3 atom stereocenters.